The molecule has 1 aromatic heterocycles. The van der Waals surface area contributed by atoms with Gasteiger partial charge in [-0.05, 0) is 47.5 Å². The average Bonchev–Trinajstić information content (AvgIpc) is 2.92. The fourth-order valence-corrected chi connectivity index (χ4v) is 4.55. The third kappa shape index (κ3) is 4.58. The molecule has 3 aromatic rings. The van der Waals surface area contributed by atoms with E-state index in [-0.39, 0.29) is 0 Å². The van der Waals surface area contributed by atoms with Gasteiger partial charge in [0.2, 0.25) is 13.3 Å². The molecule has 1 heterocycles. The van der Waals surface area contributed by atoms with Gasteiger partial charge in [0, 0.05) is 42.0 Å². The molecule has 29 heavy (non-hydrogen) atoms. The summed E-state index contributed by atoms with van der Waals surface area (Å²) in [6.45, 7) is 1.11. The lowest BCUT2D eigenvalue weighted by molar-refractivity contribution is -0.120. The lowest BCUT2D eigenvalue weighted by Crippen LogP contribution is -2.25. The van der Waals surface area contributed by atoms with Crippen LogP contribution in [0.15, 0.2) is 48.8 Å². The number of carbonyl (C=O) groups is 1. The molecule has 0 spiro atoms. The molecule has 1 amide bonds. The highest BCUT2D eigenvalue weighted by molar-refractivity contribution is 7.58. The molecule has 0 radical (unpaired) electrons. The van der Waals surface area contributed by atoms with Crippen molar-refractivity contribution in [3.05, 3.63) is 76.6 Å². The Labute approximate surface area is 171 Å². The molecule has 2 atom stereocenters. The first-order chi connectivity index (χ1) is 13.6. The van der Waals surface area contributed by atoms with Gasteiger partial charge in [0.05, 0.1) is 0 Å². The highest BCUT2D eigenvalue weighted by Gasteiger charge is 2.36. The molecule has 9 heteroatoms. The van der Waals surface area contributed by atoms with E-state index in [1.807, 2.05) is 0 Å². The van der Waals surface area contributed by atoms with Crippen LogP contribution in [0.5, 0.6) is 0 Å². The van der Waals surface area contributed by atoms with E-state index in [0.29, 0.717) is 21.5 Å². The Morgan fingerprint density at radius 1 is 1.24 bits per heavy atom. The number of aromatic nitrogens is 1. The van der Waals surface area contributed by atoms with Gasteiger partial charge in [-0.25, -0.2) is 8.78 Å². The Morgan fingerprint density at radius 2 is 1.97 bits per heavy atom. The van der Waals surface area contributed by atoms with Gasteiger partial charge in [-0.3, -0.25) is 9.36 Å². The number of benzene rings is 2. The molecular weight excluding hydrogens is 420 g/mol. The predicted octanol–water partition coefficient (Wildman–Crippen LogP) is 4.84. The van der Waals surface area contributed by atoms with Crippen LogP contribution >= 0.6 is 19.0 Å². The SMILES string of the molecule is Cn1cc(C(C(=O)NC=Cc2ccc([18F])c(F)c2)P(C)(=O)O)c2cc(Cl)ccc21. The number of hydrogen-bond acceptors (Lipinski definition) is 2. The zero-order valence-corrected chi connectivity index (χ0v) is 17.2. The Morgan fingerprint density at radius 3 is 2.62 bits per heavy atom. The predicted molar refractivity (Wildman–Crippen MR) is 110 cm³/mol. The monoisotopic (exact) mass is 437 g/mol. The molecule has 5 nitrogen and oxygen atoms in total. The molecule has 2 unspecified atom stereocenters. The van der Waals surface area contributed by atoms with Crippen molar-refractivity contribution < 1.29 is 23.0 Å². The van der Waals surface area contributed by atoms with Gasteiger partial charge in [-0.1, -0.05) is 17.7 Å². The molecule has 0 bridgehead atoms. The van der Waals surface area contributed by atoms with Crippen LogP contribution in [-0.4, -0.2) is 22.0 Å². The number of aryl methyl sites for hydroxylation is 1. The normalized spacial score (nSPS) is 14.8. The number of hydrogen-bond donors (Lipinski definition) is 2. The number of rotatable bonds is 5. The van der Waals surface area contributed by atoms with Crippen molar-refractivity contribution in [2.24, 2.45) is 7.05 Å². The molecule has 0 aliphatic carbocycles. The lowest BCUT2D eigenvalue weighted by Gasteiger charge is -2.18. The van der Waals surface area contributed by atoms with Crippen LogP contribution < -0.4 is 5.32 Å². The third-order valence-electron chi connectivity index (χ3n) is 4.45. The van der Waals surface area contributed by atoms with Crippen LogP contribution in [0.3, 0.4) is 0 Å². The van der Waals surface area contributed by atoms with Crippen LogP contribution in [0, 0.1) is 11.6 Å². The van der Waals surface area contributed by atoms with Crippen molar-refractivity contribution in [3.63, 3.8) is 0 Å². The highest BCUT2D eigenvalue weighted by Crippen LogP contribution is 2.54. The first-order valence-electron chi connectivity index (χ1n) is 8.54. The molecule has 0 fully saturated rings. The van der Waals surface area contributed by atoms with Crippen LogP contribution in [0.4, 0.5) is 8.78 Å². The molecule has 0 aliphatic heterocycles. The van der Waals surface area contributed by atoms with Gasteiger partial charge in [-0.15, -0.1) is 0 Å². The smallest absolute Gasteiger partial charge is 0.241 e. The summed E-state index contributed by atoms with van der Waals surface area (Å²) >= 11 is 6.06. The topological polar surface area (TPSA) is 71.3 Å². The molecule has 0 aliphatic rings. The number of nitrogens with one attached hydrogen (secondary N) is 1. The summed E-state index contributed by atoms with van der Waals surface area (Å²) in [5.74, 6) is -2.70. The summed E-state index contributed by atoms with van der Waals surface area (Å²) in [4.78, 5) is 23.0. The lowest BCUT2D eigenvalue weighted by atomic mass is 10.1. The minimum atomic E-state index is -3.90. The minimum Gasteiger partial charge on any atom is -0.350 e. The highest BCUT2D eigenvalue weighted by atomic mass is 35.5. The van der Waals surface area contributed by atoms with Gasteiger partial charge < -0.3 is 14.8 Å². The maximum atomic E-state index is 13.3. The molecule has 2 aromatic carbocycles. The summed E-state index contributed by atoms with van der Waals surface area (Å²) in [5.41, 5.74) is 0.116. The summed E-state index contributed by atoms with van der Waals surface area (Å²) in [7, 11) is -2.14. The fourth-order valence-electron chi connectivity index (χ4n) is 3.14. The fraction of sp³-hybridized carbons (Fsp3) is 0.150. The van der Waals surface area contributed by atoms with E-state index in [0.717, 1.165) is 24.3 Å². The van der Waals surface area contributed by atoms with E-state index in [2.05, 4.69) is 5.32 Å². The summed E-state index contributed by atoms with van der Waals surface area (Å²) in [6.07, 6.45) is 4.20. The maximum Gasteiger partial charge on any atom is 0.241 e. The Hall–Kier alpha value is -2.47. The largest absolute Gasteiger partial charge is 0.350 e. The van der Waals surface area contributed by atoms with E-state index < -0.39 is 30.6 Å². The van der Waals surface area contributed by atoms with Crippen LogP contribution in [0.2, 0.25) is 5.02 Å². The molecule has 0 saturated carbocycles. The van der Waals surface area contributed by atoms with Gasteiger partial charge in [0.15, 0.2) is 11.6 Å². The number of halogens is 3. The Bertz CT molecular complexity index is 1170. The van der Waals surface area contributed by atoms with Crippen molar-refractivity contribution in [1.82, 2.24) is 9.88 Å². The third-order valence-corrected chi connectivity index (χ3v) is 6.16. The number of amides is 1. The van der Waals surface area contributed by atoms with E-state index in [4.69, 9.17) is 11.6 Å². The first-order valence-corrected chi connectivity index (χ1v) is 11.1. The van der Waals surface area contributed by atoms with Gasteiger partial charge >= 0.3 is 0 Å². The van der Waals surface area contributed by atoms with Crippen molar-refractivity contribution >= 4 is 41.9 Å². The summed E-state index contributed by atoms with van der Waals surface area (Å²) < 4.78 is 40.6. The van der Waals surface area contributed by atoms with Crippen LogP contribution in [-0.2, 0) is 16.4 Å². The summed E-state index contributed by atoms with van der Waals surface area (Å²) in [5, 5.41) is 3.48. The first kappa shape index (κ1) is 21.2. The molecule has 0 saturated heterocycles. The number of carbonyl (C=O) groups excluding carboxylic acids is 1. The van der Waals surface area contributed by atoms with E-state index in [1.165, 1.54) is 18.3 Å². The second-order valence-corrected chi connectivity index (χ2v) is 9.56. The van der Waals surface area contributed by atoms with Crippen LogP contribution in [0.25, 0.3) is 17.0 Å². The Balaban J connectivity index is 1.93. The standard InChI is InChI=1S/C20H18ClF2N2O3P/c1-25-11-15(14-10-13(21)4-6-18(14)25)19(29(2,27)28)20(26)24-8-7-12-3-5-16(22)17(23)9-12/h3-11,19H,1-2H3,(H,24,26)(H,27,28)/i22-1. The zero-order valence-electron chi connectivity index (χ0n) is 15.6. The van der Waals surface area contributed by atoms with E-state index in [1.54, 1.807) is 36.0 Å². The van der Waals surface area contributed by atoms with Crippen molar-refractivity contribution in [3.8, 4) is 0 Å². The van der Waals surface area contributed by atoms with Crippen molar-refractivity contribution in [1.29, 1.82) is 0 Å². The quantitative estimate of drug-likeness (QED) is 0.561. The zero-order chi connectivity index (χ0) is 21.3. The maximum absolute atomic E-state index is 13.3. The van der Waals surface area contributed by atoms with Gasteiger partial charge in [-0.2, -0.15) is 0 Å². The second kappa shape index (κ2) is 8.11. The van der Waals surface area contributed by atoms with Crippen molar-refractivity contribution in [2.75, 3.05) is 6.66 Å². The van der Waals surface area contributed by atoms with Gasteiger partial charge in [0.25, 0.3) is 0 Å². The minimum absolute atomic E-state index is 0.321. The number of fused-ring (bicyclic) bond motifs is 1. The molecule has 152 valence electrons. The molecule has 3 rings (SSSR count). The van der Waals surface area contributed by atoms with E-state index >= 15 is 0 Å². The summed E-state index contributed by atoms with van der Waals surface area (Å²) in [6, 6.07) is 8.36. The van der Waals surface area contributed by atoms with Crippen LogP contribution in [0.1, 0.15) is 16.8 Å². The average molecular weight is 438 g/mol. The Kier molecular flexibility index (Phi) is 5.94. The van der Waals surface area contributed by atoms with Gasteiger partial charge in [0.1, 0.15) is 5.66 Å². The second-order valence-electron chi connectivity index (χ2n) is 6.72. The number of nitrogens with zero attached hydrogens (tertiary/aromatic N) is 1. The van der Waals surface area contributed by atoms with Crippen molar-refractivity contribution in [2.45, 2.75) is 5.66 Å². The molecule has 2 N–H and O–H groups in total. The molecular formula is C20H18ClF2N2O3P. The van der Waals surface area contributed by atoms with E-state index in [9.17, 15) is 23.0 Å².